The zero-order chi connectivity index (χ0) is 40.0. The summed E-state index contributed by atoms with van der Waals surface area (Å²) in [4.78, 5) is 21.6. The van der Waals surface area contributed by atoms with Gasteiger partial charge in [0.05, 0.1) is 32.3 Å². The number of nitrogens with zero attached hydrogens (tertiary/aromatic N) is 6. The molecule has 0 unspecified atom stereocenters. The third-order valence-electron chi connectivity index (χ3n) is 12.0. The van der Waals surface area contributed by atoms with Crippen molar-refractivity contribution in [2.24, 2.45) is 0 Å². The van der Waals surface area contributed by atoms with Crippen molar-refractivity contribution in [3.63, 3.8) is 0 Å². The third kappa shape index (κ3) is 5.14. The minimum absolute atomic E-state index is 0.547. The summed E-state index contributed by atoms with van der Waals surface area (Å²) in [6.07, 6.45) is 0. The van der Waals surface area contributed by atoms with Gasteiger partial charge in [-0.05, 0) is 64.0 Å². The fraction of sp³-hybridized carbons (Fsp3) is 0. The number of hydrogen-bond acceptors (Lipinski definition) is 5. The van der Waals surface area contributed by atoms with Gasteiger partial charge >= 0.3 is 0 Å². The van der Waals surface area contributed by atoms with Crippen LogP contribution >= 0.6 is 11.3 Å². The molecule has 4 aromatic heterocycles. The molecule has 284 valence electrons. The largest absolute Gasteiger partial charge is 0.307 e. The molecule has 13 aromatic rings. The second-order valence-electron chi connectivity index (χ2n) is 15.4. The molecule has 0 amide bonds. The zero-order valence-electron chi connectivity index (χ0n) is 32.6. The van der Waals surface area contributed by atoms with E-state index in [0.717, 1.165) is 92.0 Å². The topological polar surface area (TPSA) is 61.4 Å². The highest BCUT2D eigenvalue weighted by atomic mass is 32.1. The highest BCUT2D eigenvalue weighted by molar-refractivity contribution is 7.22. The molecule has 0 atom stereocenters. The number of fused-ring (bicyclic) bond motifs is 11. The molecule has 0 aliphatic rings. The molecule has 61 heavy (non-hydrogen) atoms. The van der Waals surface area contributed by atoms with Crippen LogP contribution in [0.1, 0.15) is 0 Å². The van der Waals surface area contributed by atoms with Crippen molar-refractivity contribution < 1.29 is 0 Å². The smallest absolute Gasteiger partial charge is 0.238 e. The second kappa shape index (κ2) is 13.3. The Hall–Kier alpha value is -8.00. The van der Waals surface area contributed by atoms with E-state index in [4.69, 9.17) is 19.9 Å². The lowest BCUT2D eigenvalue weighted by Crippen LogP contribution is -2.07. The molecule has 0 aliphatic carbocycles. The lowest BCUT2D eigenvalue weighted by Gasteiger charge is -2.15. The van der Waals surface area contributed by atoms with Crippen molar-refractivity contribution in [2.75, 3.05) is 0 Å². The molecule has 0 fully saturated rings. The summed E-state index contributed by atoms with van der Waals surface area (Å²) in [7, 11) is 0. The Kier molecular flexibility index (Phi) is 7.37. The van der Waals surface area contributed by atoms with E-state index in [-0.39, 0.29) is 0 Å². The molecule has 9 aromatic carbocycles. The molecular formula is C54H32N6S. The van der Waals surface area contributed by atoms with Crippen LogP contribution in [0.25, 0.3) is 120 Å². The minimum Gasteiger partial charge on any atom is -0.307 e. The molecule has 0 spiro atoms. The summed E-state index contributed by atoms with van der Waals surface area (Å²) < 4.78 is 5.69. The average molecular weight is 797 g/mol. The van der Waals surface area contributed by atoms with Crippen molar-refractivity contribution in [3.05, 3.63) is 194 Å². The van der Waals surface area contributed by atoms with Gasteiger partial charge in [0.25, 0.3) is 0 Å². The lowest BCUT2D eigenvalue weighted by molar-refractivity contribution is 0.955. The van der Waals surface area contributed by atoms with Gasteiger partial charge in [-0.1, -0.05) is 152 Å². The van der Waals surface area contributed by atoms with Crippen LogP contribution < -0.4 is 0 Å². The summed E-state index contributed by atoms with van der Waals surface area (Å²) in [6, 6.07) is 68.5. The number of benzene rings is 9. The van der Waals surface area contributed by atoms with E-state index in [0.29, 0.717) is 17.6 Å². The lowest BCUT2D eigenvalue weighted by atomic mass is 9.97. The first kappa shape index (κ1) is 33.9. The highest BCUT2D eigenvalue weighted by Crippen LogP contribution is 2.43. The first-order valence-corrected chi connectivity index (χ1v) is 21.2. The van der Waals surface area contributed by atoms with Gasteiger partial charge in [-0.2, -0.15) is 9.97 Å². The SMILES string of the molecule is c1ccc(-c2nc3cccc(-c4nc(-c5cc6ccccc6c6ccccc56)nc(-n5c6ccccc6c6ccc7c8ccccc8n(-c8ccccc8)c7c65)n4)c3s2)cc1. The van der Waals surface area contributed by atoms with Crippen LogP contribution in [0.4, 0.5) is 0 Å². The van der Waals surface area contributed by atoms with Crippen molar-refractivity contribution >= 4 is 86.7 Å². The van der Waals surface area contributed by atoms with E-state index >= 15 is 0 Å². The minimum atomic E-state index is 0.547. The van der Waals surface area contributed by atoms with Gasteiger partial charge in [-0.15, -0.1) is 11.3 Å². The van der Waals surface area contributed by atoms with E-state index in [9.17, 15) is 0 Å². The number of thiazole rings is 1. The van der Waals surface area contributed by atoms with Crippen LogP contribution in [0.15, 0.2) is 194 Å². The van der Waals surface area contributed by atoms with Crippen molar-refractivity contribution in [2.45, 2.75) is 0 Å². The van der Waals surface area contributed by atoms with Gasteiger partial charge in [0.2, 0.25) is 5.95 Å². The Morgan fingerprint density at radius 2 is 0.951 bits per heavy atom. The van der Waals surface area contributed by atoms with Crippen LogP contribution in [0.2, 0.25) is 0 Å². The molecule has 13 rings (SSSR count). The summed E-state index contributed by atoms with van der Waals surface area (Å²) in [5.41, 5.74) is 9.22. The highest BCUT2D eigenvalue weighted by Gasteiger charge is 2.25. The van der Waals surface area contributed by atoms with E-state index in [1.165, 1.54) is 10.8 Å². The van der Waals surface area contributed by atoms with Gasteiger partial charge in [-0.25, -0.2) is 9.97 Å². The fourth-order valence-electron chi connectivity index (χ4n) is 9.33. The first-order valence-electron chi connectivity index (χ1n) is 20.4. The maximum atomic E-state index is 5.54. The molecule has 0 aliphatic heterocycles. The van der Waals surface area contributed by atoms with Gasteiger partial charge in [-0.3, -0.25) is 4.57 Å². The molecule has 0 N–H and O–H groups in total. The Bertz CT molecular complexity index is 3880. The van der Waals surface area contributed by atoms with E-state index in [2.05, 4.69) is 197 Å². The zero-order valence-corrected chi connectivity index (χ0v) is 33.4. The number of aromatic nitrogens is 6. The third-order valence-corrected chi connectivity index (χ3v) is 13.1. The summed E-state index contributed by atoms with van der Waals surface area (Å²) in [5.74, 6) is 1.74. The van der Waals surface area contributed by atoms with Gasteiger partial charge in [0, 0.05) is 43.9 Å². The first-order chi connectivity index (χ1) is 30.3. The van der Waals surface area contributed by atoms with Gasteiger partial charge < -0.3 is 4.57 Å². The normalized spacial score (nSPS) is 11.9. The van der Waals surface area contributed by atoms with E-state index in [1.54, 1.807) is 11.3 Å². The number of rotatable bonds is 5. The molecule has 0 saturated carbocycles. The fourth-order valence-corrected chi connectivity index (χ4v) is 10.4. The van der Waals surface area contributed by atoms with Gasteiger partial charge in [0.15, 0.2) is 11.6 Å². The standard InChI is InChI=1S/C54H32N6S/c1-3-16-33(17-4-1)53-55-45-27-15-26-43(50(45)61-53)51-56-52(44-32-34-18-7-8-21-36(34)37-22-9-10-23-38(37)44)58-54(57-51)60-47-29-14-12-25-40(47)42-31-30-41-39-24-11-13-28-46(39)59(48(41)49(42)60)35-19-5-2-6-20-35/h1-32H. The van der Waals surface area contributed by atoms with E-state index < -0.39 is 0 Å². The van der Waals surface area contributed by atoms with Gasteiger partial charge in [0.1, 0.15) is 5.01 Å². The maximum Gasteiger partial charge on any atom is 0.238 e. The molecule has 7 heteroatoms. The van der Waals surface area contributed by atoms with Crippen molar-refractivity contribution in [1.82, 2.24) is 29.1 Å². The predicted octanol–water partition coefficient (Wildman–Crippen LogP) is 14.0. The summed E-state index contributed by atoms with van der Waals surface area (Å²) in [6.45, 7) is 0. The van der Waals surface area contributed by atoms with Crippen LogP contribution in [0.3, 0.4) is 0 Å². The summed E-state index contributed by atoms with van der Waals surface area (Å²) >= 11 is 1.67. The molecule has 0 radical (unpaired) electrons. The predicted molar refractivity (Wildman–Crippen MR) is 253 cm³/mol. The second-order valence-corrected chi connectivity index (χ2v) is 16.4. The monoisotopic (exact) mass is 796 g/mol. The quantitative estimate of drug-likeness (QED) is 0.163. The van der Waals surface area contributed by atoms with Crippen LogP contribution in [-0.4, -0.2) is 29.1 Å². The van der Waals surface area contributed by atoms with Crippen molar-refractivity contribution in [1.29, 1.82) is 0 Å². The number of para-hydroxylation sites is 3. The van der Waals surface area contributed by atoms with Crippen LogP contribution in [-0.2, 0) is 0 Å². The molecule has 4 heterocycles. The molecule has 0 saturated heterocycles. The number of hydrogen-bond donors (Lipinski definition) is 0. The Balaban J connectivity index is 1.18. The maximum absolute atomic E-state index is 5.54. The van der Waals surface area contributed by atoms with Crippen LogP contribution in [0.5, 0.6) is 0 Å². The Morgan fingerprint density at radius 1 is 0.377 bits per heavy atom. The Labute approximate surface area is 353 Å². The van der Waals surface area contributed by atoms with E-state index in [1.807, 2.05) is 6.07 Å². The molecule has 6 nitrogen and oxygen atoms in total. The Morgan fingerprint density at radius 3 is 1.69 bits per heavy atom. The van der Waals surface area contributed by atoms with Crippen LogP contribution in [0, 0.1) is 0 Å². The molecular weight excluding hydrogens is 765 g/mol. The average Bonchev–Trinajstić information content (AvgIpc) is 4.02. The summed E-state index contributed by atoms with van der Waals surface area (Å²) in [5, 5.41) is 10.1. The molecule has 0 bridgehead atoms. The van der Waals surface area contributed by atoms with Crippen molar-refractivity contribution in [3.8, 4) is 45.0 Å².